The van der Waals surface area contributed by atoms with Crippen LogP contribution in [-0.4, -0.2) is 24.2 Å². The number of hydrogen-bond acceptors (Lipinski definition) is 3. The second-order valence-corrected chi connectivity index (χ2v) is 4.17. The van der Waals surface area contributed by atoms with Crippen molar-refractivity contribution < 1.29 is 14.2 Å². The normalized spacial score (nSPS) is 12.5. The molecule has 0 saturated heterocycles. The van der Waals surface area contributed by atoms with E-state index in [1.54, 1.807) is 23.9 Å². The summed E-state index contributed by atoms with van der Waals surface area (Å²) >= 11 is 1.63. The molecule has 0 aliphatic carbocycles. The van der Waals surface area contributed by atoms with E-state index in [1.165, 1.54) is 13.2 Å². The lowest BCUT2D eigenvalue weighted by Gasteiger charge is -2.11. The topological polar surface area (TPSA) is 29.5 Å². The molecule has 1 atom stereocenters. The quantitative estimate of drug-likeness (QED) is 0.843. The molecule has 0 aromatic heterocycles. The third kappa shape index (κ3) is 3.39. The van der Waals surface area contributed by atoms with Crippen LogP contribution in [0.2, 0.25) is 0 Å². The standard InChI is InChI=1S/C11H15FO2S/c1-14-8-3-4-9(10(12)7-8)11(13)5-6-15-2/h3-4,7,11,13H,5-6H2,1-2H3. The molecule has 4 heteroatoms. The maximum absolute atomic E-state index is 13.5. The minimum atomic E-state index is -0.733. The third-order valence-corrected chi connectivity index (χ3v) is 2.81. The predicted molar refractivity (Wildman–Crippen MR) is 60.9 cm³/mol. The highest BCUT2D eigenvalue weighted by Gasteiger charge is 2.12. The summed E-state index contributed by atoms with van der Waals surface area (Å²) in [6.07, 6.45) is 1.78. The molecule has 0 heterocycles. The van der Waals surface area contributed by atoms with Crippen molar-refractivity contribution in [3.8, 4) is 5.75 Å². The zero-order valence-corrected chi connectivity index (χ0v) is 9.68. The fourth-order valence-corrected chi connectivity index (χ4v) is 1.75. The summed E-state index contributed by atoms with van der Waals surface area (Å²) in [6, 6.07) is 4.51. The Morgan fingerprint density at radius 1 is 1.53 bits per heavy atom. The first kappa shape index (κ1) is 12.3. The predicted octanol–water partition coefficient (Wildman–Crippen LogP) is 2.62. The van der Waals surface area contributed by atoms with E-state index in [0.717, 1.165) is 5.75 Å². The fourth-order valence-electron chi connectivity index (χ4n) is 1.29. The maximum atomic E-state index is 13.5. The lowest BCUT2D eigenvalue weighted by Crippen LogP contribution is -2.02. The van der Waals surface area contributed by atoms with Crippen LogP contribution in [0, 0.1) is 5.82 Å². The largest absolute Gasteiger partial charge is 0.497 e. The van der Waals surface area contributed by atoms with E-state index in [0.29, 0.717) is 17.7 Å². The minimum absolute atomic E-state index is 0.338. The monoisotopic (exact) mass is 230 g/mol. The molecule has 0 saturated carbocycles. The van der Waals surface area contributed by atoms with Gasteiger partial charge < -0.3 is 9.84 Å². The molecule has 0 bridgehead atoms. The van der Waals surface area contributed by atoms with Crippen molar-refractivity contribution in [2.24, 2.45) is 0 Å². The molecule has 1 rings (SSSR count). The molecular formula is C11H15FO2S. The van der Waals surface area contributed by atoms with Crippen molar-refractivity contribution in [2.45, 2.75) is 12.5 Å². The molecule has 1 aromatic carbocycles. The van der Waals surface area contributed by atoms with Gasteiger partial charge in [-0.2, -0.15) is 11.8 Å². The second kappa shape index (κ2) is 5.98. The van der Waals surface area contributed by atoms with E-state index in [-0.39, 0.29) is 0 Å². The van der Waals surface area contributed by atoms with Crippen molar-refractivity contribution in [3.63, 3.8) is 0 Å². The number of halogens is 1. The van der Waals surface area contributed by atoms with Crippen LogP contribution < -0.4 is 4.74 Å². The summed E-state index contributed by atoms with van der Waals surface area (Å²) in [6.45, 7) is 0. The van der Waals surface area contributed by atoms with Gasteiger partial charge in [-0.15, -0.1) is 0 Å². The number of aliphatic hydroxyl groups is 1. The number of thioether (sulfide) groups is 1. The molecule has 15 heavy (non-hydrogen) atoms. The lowest BCUT2D eigenvalue weighted by molar-refractivity contribution is 0.170. The van der Waals surface area contributed by atoms with Crippen LogP contribution >= 0.6 is 11.8 Å². The Balaban J connectivity index is 2.76. The van der Waals surface area contributed by atoms with E-state index in [9.17, 15) is 9.50 Å². The molecule has 0 amide bonds. The molecule has 2 nitrogen and oxygen atoms in total. The number of methoxy groups -OCH3 is 1. The Labute approximate surface area is 93.5 Å². The van der Waals surface area contributed by atoms with Gasteiger partial charge >= 0.3 is 0 Å². The van der Waals surface area contributed by atoms with E-state index < -0.39 is 11.9 Å². The average molecular weight is 230 g/mol. The van der Waals surface area contributed by atoms with Gasteiger partial charge in [-0.05, 0) is 30.6 Å². The second-order valence-electron chi connectivity index (χ2n) is 3.18. The Morgan fingerprint density at radius 3 is 2.80 bits per heavy atom. The highest BCUT2D eigenvalue weighted by molar-refractivity contribution is 7.98. The van der Waals surface area contributed by atoms with E-state index in [2.05, 4.69) is 0 Å². The van der Waals surface area contributed by atoms with Gasteiger partial charge in [-0.3, -0.25) is 0 Å². The molecule has 0 fully saturated rings. The van der Waals surface area contributed by atoms with Crippen molar-refractivity contribution in [1.82, 2.24) is 0 Å². The fraction of sp³-hybridized carbons (Fsp3) is 0.455. The summed E-state index contributed by atoms with van der Waals surface area (Å²) in [5, 5.41) is 9.70. The molecule has 1 N–H and O–H groups in total. The van der Waals surface area contributed by atoms with Gasteiger partial charge in [0.1, 0.15) is 11.6 Å². The van der Waals surface area contributed by atoms with E-state index in [4.69, 9.17) is 4.74 Å². The first-order chi connectivity index (χ1) is 7.19. The van der Waals surface area contributed by atoms with Gasteiger partial charge in [0.2, 0.25) is 0 Å². The Morgan fingerprint density at radius 2 is 2.27 bits per heavy atom. The van der Waals surface area contributed by atoms with Crippen LogP contribution in [0.1, 0.15) is 18.1 Å². The maximum Gasteiger partial charge on any atom is 0.132 e. The average Bonchev–Trinajstić information content (AvgIpc) is 2.25. The minimum Gasteiger partial charge on any atom is -0.497 e. The first-order valence-electron chi connectivity index (χ1n) is 4.69. The Hall–Kier alpha value is -0.740. The van der Waals surface area contributed by atoms with Crippen molar-refractivity contribution >= 4 is 11.8 Å². The van der Waals surface area contributed by atoms with Crippen LogP contribution in [0.15, 0.2) is 18.2 Å². The third-order valence-electron chi connectivity index (χ3n) is 2.16. The highest BCUT2D eigenvalue weighted by Crippen LogP contribution is 2.24. The molecule has 1 unspecified atom stereocenters. The Kier molecular flexibility index (Phi) is 4.91. The lowest BCUT2D eigenvalue weighted by atomic mass is 10.1. The van der Waals surface area contributed by atoms with Gasteiger partial charge in [0.15, 0.2) is 0 Å². The zero-order chi connectivity index (χ0) is 11.3. The number of benzene rings is 1. The number of hydrogen-bond donors (Lipinski definition) is 1. The zero-order valence-electron chi connectivity index (χ0n) is 8.87. The molecular weight excluding hydrogens is 215 g/mol. The summed E-state index contributed by atoms with van der Waals surface area (Å²) in [4.78, 5) is 0. The summed E-state index contributed by atoms with van der Waals surface area (Å²) < 4.78 is 18.4. The SMILES string of the molecule is COc1ccc(C(O)CCSC)c(F)c1. The van der Waals surface area contributed by atoms with Gasteiger partial charge in [0.25, 0.3) is 0 Å². The summed E-state index contributed by atoms with van der Waals surface area (Å²) in [5.74, 6) is 0.864. The van der Waals surface area contributed by atoms with Crippen LogP contribution in [0.4, 0.5) is 4.39 Å². The summed E-state index contributed by atoms with van der Waals surface area (Å²) in [5.41, 5.74) is 0.338. The van der Waals surface area contributed by atoms with Gasteiger partial charge in [-0.1, -0.05) is 0 Å². The van der Waals surface area contributed by atoms with E-state index >= 15 is 0 Å². The van der Waals surface area contributed by atoms with Crippen LogP contribution in [0.25, 0.3) is 0 Å². The number of rotatable bonds is 5. The molecule has 0 radical (unpaired) electrons. The number of aliphatic hydroxyl groups excluding tert-OH is 1. The first-order valence-corrected chi connectivity index (χ1v) is 6.09. The van der Waals surface area contributed by atoms with E-state index in [1.807, 2.05) is 6.26 Å². The summed E-state index contributed by atoms with van der Waals surface area (Å²) in [7, 11) is 1.48. The molecule has 0 aliphatic rings. The van der Waals surface area contributed by atoms with Gasteiger partial charge in [-0.25, -0.2) is 4.39 Å². The van der Waals surface area contributed by atoms with Crippen molar-refractivity contribution in [2.75, 3.05) is 19.1 Å². The smallest absolute Gasteiger partial charge is 0.132 e. The van der Waals surface area contributed by atoms with Crippen molar-refractivity contribution in [1.29, 1.82) is 0 Å². The highest BCUT2D eigenvalue weighted by atomic mass is 32.2. The van der Waals surface area contributed by atoms with Crippen LogP contribution in [-0.2, 0) is 0 Å². The molecule has 84 valence electrons. The Bertz CT molecular complexity index is 317. The van der Waals surface area contributed by atoms with Crippen LogP contribution in [0.3, 0.4) is 0 Å². The molecule has 1 aromatic rings. The molecule has 0 spiro atoms. The van der Waals surface area contributed by atoms with Crippen LogP contribution in [0.5, 0.6) is 5.75 Å². The van der Waals surface area contributed by atoms with Crippen molar-refractivity contribution in [3.05, 3.63) is 29.6 Å². The number of ether oxygens (including phenoxy) is 1. The molecule has 0 aliphatic heterocycles. The van der Waals surface area contributed by atoms with Gasteiger partial charge in [0.05, 0.1) is 13.2 Å². The van der Waals surface area contributed by atoms with Gasteiger partial charge in [0, 0.05) is 11.6 Å².